The van der Waals surface area contributed by atoms with Crippen molar-refractivity contribution in [1.82, 2.24) is 6.15 Å². The molecule has 0 rings (SSSR count). The molecule has 66 valence electrons. The van der Waals surface area contributed by atoms with Gasteiger partial charge in [-0.25, -0.2) is 4.57 Å². The van der Waals surface area contributed by atoms with E-state index in [0.717, 1.165) is 0 Å². The zero-order valence-electron chi connectivity index (χ0n) is 6.32. The quantitative estimate of drug-likeness (QED) is 0.442. The minimum Gasteiger partial charge on any atom is -0.344 e. The Balaban J connectivity index is -0.0000000910. The summed E-state index contributed by atoms with van der Waals surface area (Å²) in [5, 5.41) is 0. The van der Waals surface area contributed by atoms with Crippen molar-refractivity contribution in [3.05, 3.63) is 0 Å². The highest BCUT2D eigenvalue weighted by molar-refractivity contribution is 7.45. The molecule has 5 nitrogen and oxygen atoms in total. The highest BCUT2D eigenvalue weighted by Gasteiger charge is 2.00. The molecule has 6 heteroatoms. The molecule has 0 aromatic heterocycles. The highest BCUT2D eigenvalue weighted by atomic mass is 31.2. The highest BCUT2D eigenvalue weighted by Crippen LogP contribution is 2.25. The average Bonchev–Trinajstić information content (AvgIpc) is 1.61. The number of hydrogen-bond acceptors (Lipinski definition) is 2. The minimum absolute atomic E-state index is 0. The first-order valence-electron chi connectivity index (χ1n) is 2.70. The van der Waals surface area contributed by atoms with Crippen LogP contribution in [0.4, 0.5) is 0 Å². The van der Waals surface area contributed by atoms with Crippen molar-refractivity contribution >= 4 is 7.82 Å². The van der Waals surface area contributed by atoms with E-state index in [2.05, 4.69) is 13.8 Å². The zero-order valence-corrected chi connectivity index (χ0v) is 7.21. The maximum atomic E-state index is 8.88. The molecule has 0 atom stereocenters. The van der Waals surface area contributed by atoms with Gasteiger partial charge in [-0.1, -0.05) is 26.7 Å². The van der Waals surface area contributed by atoms with E-state index in [1.807, 2.05) is 0 Å². The second-order valence-corrected chi connectivity index (χ2v) is 2.54. The summed E-state index contributed by atoms with van der Waals surface area (Å²) in [7, 11) is -4.64. The van der Waals surface area contributed by atoms with Crippen LogP contribution < -0.4 is 6.15 Å². The molecule has 0 unspecified atom stereocenters. The normalized spacial score (nSPS) is 8.90. The van der Waals surface area contributed by atoms with E-state index in [4.69, 9.17) is 19.2 Å². The van der Waals surface area contributed by atoms with Crippen molar-refractivity contribution in [3.63, 3.8) is 0 Å². The largest absolute Gasteiger partial charge is 0.466 e. The second-order valence-electron chi connectivity index (χ2n) is 1.51. The number of phosphoric acid groups is 1. The Hall–Kier alpha value is 0.0700. The molecule has 0 saturated heterocycles. The topological polar surface area (TPSA) is 113 Å². The predicted octanol–water partition coefficient (Wildman–Crippen LogP) is 1.04. The third-order valence-electron chi connectivity index (χ3n) is 0.500. The minimum atomic E-state index is -4.64. The van der Waals surface area contributed by atoms with Crippen LogP contribution in [-0.4, -0.2) is 14.7 Å². The van der Waals surface area contributed by atoms with Crippen LogP contribution in [0.1, 0.15) is 26.7 Å². The Morgan fingerprint density at radius 2 is 1.20 bits per heavy atom. The molecule has 0 aliphatic carbocycles. The molecule has 0 heterocycles. The molecule has 0 spiro atoms. The molecular weight excluding hydrogens is 157 g/mol. The van der Waals surface area contributed by atoms with Crippen LogP contribution in [0.3, 0.4) is 0 Å². The Morgan fingerprint density at radius 3 is 1.20 bits per heavy atom. The van der Waals surface area contributed by atoms with Gasteiger partial charge in [-0.3, -0.25) is 0 Å². The van der Waals surface area contributed by atoms with E-state index in [9.17, 15) is 0 Å². The Bertz CT molecular complexity index is 81.0. The van der Waals surface area contributed by atoms with E-state index >= 15 is 0 Å². The summed E-state index contributed by atoms with van der Waals surface area (Å²) in [6, 6.07) is 0. The molecule has 6 N–H and O–H groups in total. The Morgan fingerprint density at radius 1 is 1.10 bits per heavy atom. The molecule has 0 bridgehead atoms. The zero-order chi connectivity index (χ0) is 7.91. The number of unbranched alkanes of at least 4 members (excludes halogenated alkanes) is 1. The van der Waals surface area contributed by atoms with Gasteiger partial charge in [0.15, 0.2) is 0 Å². The molecule has 0 amide bonds. The molecule has 0 radical (unpaired) electrons. The molecule has 0 aromatic rings. The number of rotatable bonds is 1. The Labute approximate surface area is 60.9 Å². The molecule has 0 fully saturated rings. The number of hydrogen-bond donors (Lipinski definition) is 4. The van der Waals surface area contributed by atoms with Gasteiger partial charge in [-0.15, -0.1) is 0 Å². The fraction of sp³-hybridized carbons (Fsp3) is 1.00. The molecule has 0 saturated carbocycles. The summed E-state index contributed by atoms with van der Waals surface area (Å²) in [4.78, 5) is 21.6. The van der Waals surface area contributed by atoms with Crippen molar-refractivity contribution in [1.29, 1.82) is 0 Å². The third kappa shape index (κ3) is 352. The van der Waals surface area contributed by atoms with E-state index in [0.29, 0.717) is 0 Å². The SMILES string of the molecule is CCCC.N.O=P(O)(O)O. The summed E-state index contributed by atoms with van der Waals surface area (Å²) in [5.74, 6) is 0. The first kappa shape index (κ1) is 16.6. The van der Waals surface area contributed by atoms with Gasteiger partial charge in [0.05, 0.1) is 0 Å². The fourth-order valence-electron chi connectivity index (χ4n) is 0. The molecule has 0 aliphatic rings. The third-order valence-corrected chi connectivity index (χ3v) is 0.500. The summed E-state index contributed by atoms with van der Waals surface area (Å²) >= 11 is 0. The van der Waals surface area contributed by atoms with Gasteiger partial charge < -0.3 is 20.8 Å². The van der Waals surface area contributed by atoms with E-state index < -0.39 is 7.82 Å². The van der Waals surface area contributed by atoms with Crippen molar-refractivity contribution in [2.75, 3.05) is 0 Å². The van der Waals surface area contributed by atoms with E-state index in [-0.39, 0.29) is 6.15 Å². The summed E-state index contributed by atoms with van der Waals surface area (Å²) in [6.07, 6.45) is 2.64. The second kappa shape index (κ2) is 9.07. The monoisotopic (exact) mass is 173 g/mol. The van der Waals surface area contributed by atoms with Crippen LogP contribution >= 0.6 is 7.82 Å². The van der Waals surface area contributed by atoms with Gasteiger partial charge in [-0.2, -0.15) is 0 Å². The maximum absolute atomic E-state index is 8.88. The lowest BCUT2D eigenvalue weighted by molar-refractivity contribution is 0.275. The van der Waals surface area contributed by atoms with Crippen molar-refractivity contribution in [2.24, 2.45) is 0 Å². The van der Waals surface area contributed by atoms with E-state index in [1.54, 1.807) is 0 Å². The first-order valence-corrected chi connectivity index (χ1v) is 4.26. The van der Waals surface area contributed by atoms with Crippen LogP contribution in [-0.2, 0) is 4.57 Å². The lowest BCUT2D eigenvalue weighted by atomic mass is 10.4. The van der Waals surface area contributed by atoms with Gasteiger partial charge >= 0.3 is 7.82 Å². The van der Waals surface area contributed by atoms with Crippen LogP contribution in [0.2, 0.25) is 0 Å². The van der Waals surface area contributed by atoms with Gasteiger partial charge in [0.25, 0.3) is 0 Å². The lowest BCUT2D eigenvalue weighted by Crippen LogP contribution is -1.66. The molecule has 0 aliphatic heterocycles. The fourth-order valence-corrected chi connectivity index (χ4v) is 0. The van der Waals surface area contributed by atoms with Gasteiger partial charge in [0, 0.05) is 0 Å². The van der Waals surface area contributed by atoms with Crippen molar-refractivity contribution < 1.29 is 19.2 Å². The van der Waals surface area contributed by atoms with Crippen LogP contribution in [0.15, 0.2) is 0 Å². The van der Waals surface area contributed by atoms with Crippen LogP contribution in [0, 0.1) is 0 Å². The molecule has 0 aromatic carbocycles. The molecule has 10 heavy (non-hydrogen) atoms. The Kier molecular flexibility index (Phi) is 15.0. The molecular formula is C4H16NO4P. The van der Waals surface area contributed by atoms with E-state index in [1.165, 1.54) is 12.8 Å². The average molecular weight is 173 g/mol. The standard InChI is InChI=1S/C4H10.H3N.H3O4P/c1-3-4-2;;1-5(2,3)4/h3-4H2,1-2H3;1H3;(H3,1,2,3,4). The van der Waals surface area contributed by atoms with Crippen molar-refractivity contribution in [3.8, 4) is 0 Å². The van der Waals surface area contributed by atoms with Gasteiger partial charge in [0.1, 0.15) is 0 Å². The van der Waals surface area contributed by atoms with Crippen molar-refractivity contribution in [2.45, 2.75) is 26.7 Å². The summed E-state index contributed by atoms with van der Waals surface area (Å²) in [6.45, 7) is 4.36. The lowest BCUT2D eigenvalue weighted by Gasteiger charge is -1.82. The smallest absolute Gasteiger partial charge is 0.344 e. The van der Waals surface area contributed by atoms with Crippen LogP contribution in [0.25, 0.3) is 0 Å². The predicted molar refractivity (Wildman–Crippen MR) is 39.9 cm³/mol. The summed E-state index contributed by atoms with van der Waals surface area (Å²) < 4.78 is 8.88. The van der Waals surface area contributed by atoms with Crippen LogP contribution in [0.5, 0.6) is 0 Å². The summed E-state index contributed by atoms with van der Waals surface area (Å²) in [5.41, 5.74) is 0. The maximum Gasteiger partial charge on any atom is 0.466 e. The first-order chi connectivity index (χ1) is 3.91. The van der Waals surface area contributed by atoms with Gasteiger partial charge in [-0.05, 0) is 0 Å². The van der Waals surface area contributed by atoms with Gasteiger partial charge in [0.2, 0.25) is 0 Å².